The summed E-state index contributed by atoms with van der Waals surface area (Å²) in [6, 6.07) is 10.6. The summed E-state index contributed by atoms with van der Waals surface area (Å²) < 4.78 is 0. The van der Waals surface area contributed by atoms with Crippen molar-refractivity contribution in [2.45, 2.75) is 19.9 Å². The SMILES string of the molecule is CCNCc1cc(N2CCc3ccccc32)ncc1Cl. The van der Waals surface area contributed by atoms with Gasteiger partial charge in [0, 0.05) is 25.0 Å². The molecule has 0 fully saturated rings. The number of para-hydroxylation sites is 1. The van der Waals surface area contributed by atoms with Gasteiger partial charge in [0.1, 0.15) is 5.82 Å². The van der Waals surface area contributed by atoms with Crippen LogP contribution in [0.5, 0.6) is 0 Å². The van der Waals surface area contributed by atoms with Crippen LogP contribution < -0.4 is 10.2 Å². The van der Waals surface area contributed by atoms with Crippen LogP contribution in [0.3, 0.4) is 0 Å². The summed E-state index contributed by atoms with van der Waals surface area (Å²) in [4.78, 5) is 6.76. The van der Waals surface area contributed by atoms with E-state index in [1.54, 1.807) is 6.20 Å². The summed E-state index contributed by atoms with van der Waals surface area (Å²) in [5.74, 6) is 0.979. The Bertz CT molecular complexity index is 612. The molecule has 0 bridgehead atoms. The first-order chi connectivity index (χ1) is 9.79. The lowest BCUT2D eigenvalue weighted by Gasteiger charge is -2.19. The highest BCUT2D eigenvalue weighted by atomic mass is 35.5. The molecular formula is C16H18ClN3. The lowest BCUT2D eigenvalue weighted by molar-refractivity contribution is 0.726. The zero-order chi connectivity index (χ0) is 13.9. The molecule has 4 heteroatoms. The van der Waals surface area contributed by atoms with Crippen molar-refractivity contribution in [2.24, 2.45) is 0 Å². The molecule has 0 spiro atoms. The number of nitrogens with zero attached hydrogens (tertiary/aromatic N) is 2. The molecule has 0 saturated heterocycles. The third kappa shape index (κ3) is 2.51. The number of halogens is 1. The van der Waals surface area contributed by atoms with Gasteiger partial charge in [0.05, 0.1) is 5.02 Å². The highest BCUT2D eigenvalue weighted by Gasteiger charge is 2.21. The topological polar surface area (TPSA) is 28.2 Å². The standard InChI is InChI=1S/C16H18ClN3/c1-2-18-10-13-9-16(19-11-14(13)17)20-8-7-12-5-3-4-6-15(12)20/h3-6,9,11,18H,2,7-8,10H2,1H3. The highest BCUT2D eigenvalue weighted by Crippen LogP contribution is 2.34. The maximum Gasteiger partial charge on any atom is 0.133 e. The van der Waals surface area contributed by atoms with Crippen LogP contribution in [0.2, 0.25) is 5.02 Å². The van der Waals surface area contributed by atoms with Crippen LogP contribution in [0.4, 0.5) is 11.5 Å². The van der Waals surface area contributed by atoms with E-state index in [9.17, 15) is 0 Å². The Morgan fingerprint density at radius 3 is 3.05 bits per heavy atom. The summed E-state index contributed by atoms with van der Waals surface area (Å²) in [6.07, 6.45) is 2.83. The molecule has 1 aliphatic heterocycles. The number of rotatable bonds is 4. The van der Waals surface area contributed by atoms with Crippen molar-refractivity contribution >= 4 is 23.1 Å². The van der Waals surface area contributed by atoms with Crippen molar-refractivity contribution in [3.8, 4) is 0 Å². The minimum absolute atomic E-state index is 0.724. The quantitative estimate of drug-likeness (QED) is 0.932. The van der Waals surface area contributed by atoms with Gasteiger partial charge < -0.3 is 10.2 Å². The Kier molecular flexibility index (Phi) is 3.90. The van der Waals surface area contributed by atoms with Crippen molar-refractivity contribution in [2.75, 3.05) is 18.0 Å². The fourth-order valence-electron chi connectivity index (χ4n) is 2.59. The second-order valence-corrected chi connectivity index (χ2v) is 5.35. The minimum Gasteiger partial charge on any atom is -0.326 e. The van der Waals surface area contributed by atoms with Crippen LogP contribution in [0.15, 0.2) is 36.5 Å². The van der Waals surface area contributed by atoms with E-state index in [-0.39, 0.29) is 0 Å². The van der Waals surface area contributed by atoms with E-state index in [4.69, 9.17) is 11.6 Å². The van der Waals surface area contributed by atoms with Crippen LogP contribution in [0.1, 0.15) is 18.1 Å². The summed E-state index contributed by atoms with van der Waals surface area (Å²) in [5.41, 5.74) is 3.75. The molecule has 0 amide bonds. The number of fused-ring (bicyclic) bond motifs is 1. The largest absolute Gasteiger partial charge is 0.326 e. The van der Waals surface area contributed by atoms with E-state index < -0.39 is 0 Å². The number of benzene rings is 1. The zero-order valence-corrected chi connectivity index (χ0v) is 12.3. The van der Waals surface area contributed by atoms with Gasteiger partial charge in [0.25, 0.3) is 0 Å². The van der Waals surface area contributed by atoms with E-state index in [2.05, 4.69) is 52.5 Å². The molecule has 0 saturated carbocycles. The molecule has 104 valence electrons. The van der Waals surface area contributed by atoms with Crippen LogP contribution in [-0.4, -0.2) is 18.1 Å². The molecular weight excluding hydrogens is 270 g/mol. The minimum atomic E-state index is 0.724. The number of pyridine rings is 1. The second kappa shape index (κ2) is 5.81. The average molecular weight is 288 g/mol. The molecule has 1 aliphatic rings. The molecule has 2 aromatic rings. The molecule has 0 atom stereocenters. The highest BCUT2D eigenvalue weighted by molar-refractivity contribution is 6.31. The van der Waals surface area contributed by atoms with Crippen molar-refractivity contribution in [1.82, 2.24) is 10.3 Å². The fourth-order valence-corrected chi connectivity index (χ4v) is 2.76. The smallest absolute Gasteiger partial charge is 0.133 e. The van der Waals surface area contributed by atoms with Crippen molar-refractivity contribution in [3.05, 3.63) is 52.7 Å². The van der Waals surface area contributed by atoms with E-state index in [0.717, 1.165) is 42.5 Å². The Hall–Kier alpha value is -1.58. The zero-order valence-electron chi connectivity index (χ0n) is 11.6. The Morgan fingerprint density at radius 2 is 2.20 bits per heavy atom. The number of nitrogens with one attached hydrogen (secondary N) is 1. The summed E-state index contributed by atoms with van der Waals surface area (Å²) in [5, 5.41) is 4.04. The van der Waals surface area contributed by atoms with Gasteiger partial charge in [-0.25, -0.2) is 4.98 Å². The number of anilines is 2. The van der Waals surface area contributed by atoms with Crippen LogP contribution in [0, 0.1) is 0 Å². The van der Waals surface area contributed by atoms with Gasteiger partial charge >= 0.3 is 0 Å². The second-order valence-electron chi connectivity index (χ2n) is 4.94. The van der Waals surface area contributed by atoms with Crippen molar-refractivity contribution < 1.29 is 0 Å². The summed E-state index contributed by atoms with van der Waals surface area (Å²) in [6.45, 7) is 4.78. The molecule has 0 aliphatic carbocycles. The van der Waals surface area contributed by atoms with Gasteiger partial charge in [-0.05, 0) is 36.2 Å². The lowest BCUT2D eigenvalue weighted by atomic mass is 10.2. The lowest BCUT2D eigenvalue weighted by Crippen LogP contribution is -2.17. The van der Waals surface area contributed by atoms with Gasteiger partial charge in [0.15, 0.2) is 0 Å². The Balaban J connectivity index is 1.92. The van der Waals surface area contributed by atoms with Gasteiger partial charge in [0.2, 0.25) is 0 Å². The average Bonchev–Trinajstić information content (AvgIpc) is 2.90. The molecule has 1 aromatic carbocycles. The maximum absolute atomic E-state index is 6.22. The maximum atomic E-state index is 6.22. The van der Waals surface area contributed by atoms with E-state index >= 15 is 0 Å². The summed E-state index contributed by atoms with van der Waals surface area (Å²) >= 11 is 6.22. The van der Waals surface area contributed by atoms with Gasteiger partial charge in [-0.3, -0.25) is 0 Å². The third-order valence-electron chi connectivity index (χ3n) is 3.65. The van der Waals surface area contributed by atoms with E-state index in [1.165, 1.54) is 11.3 Å². The first-order valence-corrected chi connectivity index (χ1v) is 7.38. The first kappa shape index (κ1) is 13.4. The fraction of sp³-hybridized carbons (Fsp3) is 0.312. The van der Waals surface area contributed by atoms with Crippen LogP contribution in [0.25, 0.3) is 0 Å². The predicted molar refractivity (Wildman–Crippen MR) is 83.8 cm³/mol. The Labute approximate surface area is 124 Å². The van der Waals surface area contributed by atoms with E-state index in [1.807, 2.05) is 0 Å². The molecule has 1 N–H and O–H groups in total. The third-order valence-corrected chi connectivity index (χ3v) is 3.99. The molecule has 2 heterocycles. The molecule has 1 aromatic heterocycles. The number of hydrogen-bond donors (Lipinski definition) is 1. The van der Waals surface area contributed by atoms with Crippen LogP contribution >= 0.6 is 11.6 Å². The molecule has 0 unspecified atom stereocenters. The molecule has 3 rings (SSSR count). The van der Waals surface area contributed by atoms with Gasteiger partial charge in [-0.15, -0.1) is 0 Å². The summed E-state index contributed by atoms with van der Waals surface area (Å²) in [7, 11) is 0. The first-order valence-electron chi connectivity index (χ1n) is 7.00. The predicted octanol–water partition coefficient (Wildman–Crippen LogP) is 3.54. The van der Waals surface area contributed by atoms with Crippen LogP contribution in [-0.2, 0) is 13.0 Å². The number of hydrogen-bond acceptors (Lipinski definition) is 3. The monoisotopic (exact) mass is 287 g/mol. The normalized spacial score (nSPS) is 13.6. The molecule has 3 nitrogen and oxygen atoms in total. The van der Waals surface area contributed by atoms with Crippen molar-refractivity contribution in [3.63, 3.8) is 0 Å². The molecule has 20 heavy (non-hydrogen) atoms. The van der Waals surface area contributed by atoms with Gasteiger partial charge in [-0.1, -0.05) is 36.7 Å². The van der Waals surface area contributed by atoms with Crippen molar-refractivity contribution in [1.29, 1.82) is 0 Å². The van der Waals surface area contributed by atoms with E-state index in [0.29, 0.717) is 0 Å². The molecule has 0 radical (unpaired) electrons. The Morgan fingerprint density at radius 1 is 1.35 bits per heavy atom. The van der Waals surface area contributed by atoms with Gasteiger partial charge in [-0.2, -0.15) is 0 Å². The number of aromatic nitrogens is 1.